The molecule has 12 heteroatoms. The minimum Gasteiger partial charge on any atom is -0.550 e. The van der Waals surface area contributed by atoms with Crippen LogP contribution in [-0.2, 0) is 19.2 Å². The average molecular weight is 264 g/mol. The second kappa shape index (κ2) is 42.7. The third-order valence-corrected chi connectivity index (χ3v) is 0. The molecular weight excluding hydrogens is 252 g/mol. The fourth-order valence-electron chi connectivity index (χ4n) is 0. The monoisotopic (exact) mass is 264 g/mol. The Kier molecular flexibility index (Phi) is 107. The van der Waals surface area contributed by atoms with Crippen LogP contribution in [-0.4, -0.2) is 23.9 Å². The van der Waals surface area contributed by atoms with Crippen LogP contribution in [0.25, 0.3) is 0 Å². The molecule has 0 aliphatic rings. The van der Waals surface area contributed by atoms with Crippen molar-refractivity contribution in [1.82, 2.24) is 0 Å². The van der Waals surface area contributed by atoms with Gasteiger partial charge in [0.25, 0.3) is 0 Å². The number of carboxylic acids is 4. The molecule has 0 aliphatic heterocycles. The Hall–Kier alpha value is 0.270. The summed E-state index contributed by atoms with van der Waals surface area (Å²) in [5, 5.41) is 35.6. The zero-order valence-corrected chi connectivity index (χ0v) is 13.3. The maximum absolute atomic E-state index is 8.89. The molecule has 20 heavy (non-hydrogen) atoms. The molecule has 0 fully saturated rings. The van der Waals surface area contributed by atoms with Crippen molar-refractivity contribution in [1.29, 1.82) is 0 Å². The van der Waals surface area contributed by atoms with Gasteiger partial charge in [0.15, 0.2) is 0 Å². The maximum Gasteiger partial charge on any atom is 1.00 e. The smallest absolute Gasteiger partial charge is 0.550 e. The van der Waals surface area contributed by atoms with Crippen molar-refractivity contribution in [2.45, 2.75) is 27.7 Å². The number of aliphatic carboxylic acids is 4. The largest absolute Gasteiger partial charge is 1.00 e. The van der Waals surface area contributed by atoms with Gasteiger partial charge in [0.2, 0.25) is 0 Å². The minimum absolute atomic E-state index is 0. The van der Waals surface area contributed by atoms with Crippen molar-refractivity contribution >= 4 is 23.9 Å². The summed E-state index contributed by atoms with van der Waals surface area (Å²) >= 11 is 0. The molecule has 0 aromatic heterocycles. The fourth-order valence-corrected chi connectivity index (χ4v) is 0. The van der Waals surface area contributed by atoms with E-state index in [1.807, 2.05) is 0 Å². The summed E-state index contributed by atoms with van der Waals surface area (Å²) in [5.74, 6) is -4.33. The Morgan fingerprint density at radius 3 is 0.450 bits per heavy atom. The van der Waals surface area contributed by atoms with Crippen molar-refractivity contribution in [3.8, 4) is 0 Å². The van der Waals surface area contributed by atoms with Gasteiger partial charge < -0.3 is 39.6 Å². The number of rotatable bonds is 0. The second-order valence-electron chi connectivity index (χ2n) is 1.97. The summed E-state index contributed by atoms with van der Waals surface area (Å²) < 4.78 is 0. The average Bonchev–Trinajstić information content (AvgIpc) is 1.76. The predicted octanol–water partition coefficient (Wildman–Crippen LogP) is -17.0. The number of carbonyl (C=O) groups is 4. The molecule has 0 heterocycles. The first-order chi connectivity index (χ1) is 6.93. The van der Waals surface area contributed by atoms with Crippen molar-refractivity contribution < 1.29 is 115 Å². The Morgan fingerprint density at radius 2 is 0.450 bits per heavy atom. The molecule has 0 N–H and O–H groups in total. The summed E-state index contributed by atoms with van der Waals surface area (Å²) in [7, 11) is 0. The van der Waals surface area contributed by atoms with Crippen LogP contribution in [0, 0.1) is 0 Å². The van der Waals surface area contributed by atoms with Gasteiger partial charge in [0.1, 0.15) is 0 Å². The molecule has 0 amide bonds. The quantitative estimate of drug-likeness (QED) is 0.389. The Bertz CT molecular complexity index is 171. The van der Waals surface area contributed by atoms with Crippen LogP contribution in [0.4, 0.5) is 0 Å². The van der Waals surface area contributed by atoms with Gasteiger partial charge in [-0.15, -0.1) is 0 Å². The molecule has 0 bridgehead atoms. The van der Waals surface area contributed by atoms with Crippen molar-refractivity contribution in [3.63, 3.8) is 0 Å². The molecule has 0 spiro atoms. The molecule has 0 unspecified atom stereocenters. The van der Waals surface area contributed by atoms with E-state index in [0.29, 0.717) is 0 Å². The standard InChI is InChI=1S/4C2H4O2.4Li/c4*1-2(3)4;;;;/h4*1H3,(H,3,4);;;;/q;;;;4*+1/p-4. The third kappa shape index (κ3) is 75000. The van der Waals surface area contributed by atoms with Gasteiger partial charge in [-0.05, 0) is 27.7 Å². The molecule has 0 saturated heterocycles. The van der Waals surface area contributed by atoms with Gasteiger partial charge in [0, 0.05) is 23.9 Å². The summed E-state index contributed by atoms with van der Waals surface area (Å²) in [6.07, 6.45) is 0. The molecule has 0 atom stereocenters. The predicted molar refractivity (Wildman–Crippen MR) is 42.7 cm³/mol. The Balaban J connectivity index is -0.0000000150. The van der Waals surface area contributed by atoms with Crippen LogP contribution in [0.5, 0.6) is 0 Å². The number of hydrogen-bond donors (Lipinski definition) is 0. The van der Waals surface area contributed by atoms with Crippen LogP contribution in [0.3, 0.4) is 0 Å². The van der Waals surface area contributed by atoms with Crippen molar-refractivity contribution in [2.24, 2.45) is 0 Å². The van der Waals surface area contributed by atoms with E-state index in [2.05, 4.69) is 0 Å². The van der Waals surface area contributed by atoms with E-state index in [1.54, 1.807) is 0 Å². The zero-order chi connectivity index (χ0) is 14.3. The third-order valence-electron chi connectivity index (χ3n) is 0. The van der Waals surface area contributed by atoms with E-state index in [9.17, 15) is 0 Å². The van der Waals surface area contributed by atoms with Crippen LogP contribution < -0.4 is 95.9 Å². The summed E-state index contributed by atoms with van der Waals surface area (Å²) in [4.78, 5) is 35.6. The van der Waals surface area contributed by atoms with Crippen LogP contribution >= 0.6 is 0 Å². The first-order valence-electron chi connectivity index (χ1n) is 3.63. The van der Waals surface area contributed by atoms with E-state index >= 15 is 0 Å². The SMILES string of the molecule is CC(=O)[O-].CC(=O)[O-].CC(=O)[O-].CC(=O)[O-].[Li+].[Li+].[Li+].[Li+]. The van der Waals surface area contributed by atoms with Gasteiger partial charge >= 0.3 is 75.4 Å². The molecule has 0 aliphatic carbocycles. The summed E-state index contributed by atoms with van der Waals surface area (Å²) in [6.45, 7) is 3.89. The topological polar surface area (TPSA) is 161 Å². The van der Waals surface area contributed by atoms with Gasteiger partial charge in [-0.2, -0.15) is 0 Å². The molecule has 0 radical (unpaired) electrons. The van der Waals surface area contributed by atoms with Gasteiger partial charge in [0.05, 0.1) is 0 Å². The number of hydrogen-bond acceptors (Lipinski definition) is 8. The minimum atomic E-state index is -1.08. The first-order valence-corrected chi connectivity index (χ1v) is 3.63. The van der Waals surface area contributed by atoms with E-state index in [4.69, 9.17) is 39.6 Å². The first kappa shape index (κ1) is 50.0. The molecule has 0 aromatic rings. The zero-order valence-electron chi connectivity index (χ0n) is 13.3. The Labute approximate surface area is 165 Å². The summed E-state index contributed by atoms with van der Waals surface area (Å²) in [5.41, 5.74) is 0. The van der Waals surface area contributed by atoms with E-state index < -0.39 is 23.9 Å². The number of carboxylic acid groups (broad SMARTS) is 4. The van der Waals surface area contributed by atoms with Crippen molar-refractivity contribution in [2.75, 3.05) is 0 Å². The fraction of sp³-hybridized carbons (Fsp3) is 0.500. The molecule has 0 saturated carbocycles. The van der Waals surface area contributed by atoms with E-state index in [1.165, 1.54) is 0 Å². The molecular formula is C8H12Li4O8. The van der Waals surface area contributed by atoms with E-state index in [0.717, 1.165) is 27.7 Å². The normalized spacial score (nSPS) is 5.00. The van der Waals surface area contributed by atoms with Gasteiger partial charge in [-0.3, -0.25) is 0 Å². The van der Waals surface area contributed by atoms with Crippen LogP contribution in [0.15, 0.2) is 0 Å². The molecule has 96 valence electrons. The second-order valence-corrected chi connectivity index (χ2v) is 1.97. The Morgan fingerprint density at radius 1 is 0.450 bits per heavy atom. The number of carbonyl (C=O) groups excluding carboxylic acids is 4. The van der Waals surface area contributed by atoms with Gasteiger partial charge in [-0.1, -0.05) is 0 Å². The van der Waals surface area contributed by atoms with Crippen molar-refractivity contribution in [3.05, 3.63) is 0 Å². The molecule has 0 aromatic carbocycles. The maximum atomic E-state index is 8.89. The van der Waals surface area contributed by atoms with E-state index in [-0.39, 0.29) is 75.4 Å². The van der Waals surface area contributed by atoms with Crippen LogP contribution in [0.1, 0.15) is 27.7 Å². The van der Waals surface area contributed by atoms with Crippen LogP contribution in [0.2, 0.25) is 0 Å². The molecule has 0 rings (SSSR count). The van der Waals surface area contributed by atoms with Gasteiger partial charge in [-0.25, -0.2) is 0 Å². The molecule has 8 nitrogen and oxygen atoms in total. The summed E-state index contributed by atoms with van der Waals surface area (Å²) in [6, 6.07) is 0.